The van der Waals surface area contributed by atoms with Gasteiger partial charge in [-0.05, 0) is 70.5 Å². The highest BCUT2D eigenvalue weighted by Gasteiger charge is 2.14. The first-order valence-corrected chi connectivity index (χ1v) is 10.2. The van der Waals surface area contributed by atoms with E-state index >= 15 is 0 Å². The summed E-state index contributed by atoms with van der Waals surface area (Å²) in [7, 11) is 0. The highest BCUT2D eigenvalue weighted by molar-refractivity contribution is 5.92. The van der Waals surface area contributed by atoms with E-state index in [2.05, 4.69) is 25.8 Å². The number of carbonyl (C=O) groups excluding carboxylic acids is 1. The van der Waals surface area contributed by atoms with Gasteiger partial charge in [-0.2, -0.15) is 5.10 Å². The third-order valence-corrected chi connectivity index (χ3v) is 5.38. The molecule has 1 N–H and O–H groups in total. The molecule has 9 heteroatoms. The van der Waals surface area contributed by atoms with Crippen molar-refractivity contribution in [1.82, 2.24) is 25.1 Å². The van der Waals surface area contributed by atoms with Crippen molar-refractivity contribution in [2.75, 3.05) is 5.32 Å². The quantitative estimate of drug-likeness (QED) is 0.487. The van der Waals surface area contributed by atoms with Crippen molar-refractivity contribution < 1.29 is 14.1 Å². The summed E-state index contributed by atoms with van der Waals surface area (Å²) in [5.74, 6) is 2.08. The molecule has 4 aromatic rings. The van der Waals surface area contributed by atoms with E-state index in [0.29, 0.717) is 28.9 Å². The van der Waals surface area contributed by atoms with E-state index in [1.165, 1.54) is 0 Å². The van der Waals surface area contributed by atoms with Crippen LogP contribution in [0, 0.1) is 34.6 Å². The van der Waals surface area contributed by atoms with Gasteiger partial charge in [0.15, 0.2) is 5.82 Å². The minimum atomic E-state index is -0.145. The number of aromatic nitrogens is 5. The number of rotatable bonds is 6. The second-order valence-electron chi connectivity index (χ2n) is 7.59. The van der Waals surface area contributed by atoms with Gasteiger partial charge in [0.25, 0.3) is 0 Å². The van der Waals surface area contributed by atoms with Crippen molar-refractivity contribution in [3.05, 3.63) is 70.4 Å². The number of aryl methyl sites for hydroxylation is 3. The molecule has 32 heavy (non-hydrogen) atoms. The van der Waals surface area contributed by atoms with Gasteiger partial charge in [-0.1, -0.05) is 5.16 Å². The maximum absolute atomic E-state index is 12.3. The summed E-state index contributed by atoms with van der Waals surface area (Å²) in [6, 6.07) is 10.6. The molecule has 0 fully saturated rings. The van der Waals surface area contributed by atoms with Gasteiger partial charge in [0.2, 0.25) is 11.8 Å². The largest absolute Gasteiger partial charge is 0.438 e. The maximum Gasteiger partial charge on any atom is 0.238 e. The molecule has 0 saturated carbocycles. The van der Waals surface area contributed by atoms with E-state index in [0.717, 1.165) is 28.2 Å². The van der Waals surface area contributed by atoms with E-state index < -0.39 is 0 Å². The lowest BCUT2D eigenvalue weighted by Gasteiger charge is -2.08. The average molecular weight is 432 g/mol. The molecule has 0 aliphatic carbocycles. The Morgan fingerprint density at radius 2 is 1.75 bits per heavy atom. The third kappa shape index (κ3) is 4.36. The Balaban J connectivity index is 1.38. The molecule has 0 unspecified atom stereocenters. The Morgan fingerprint density at radius 3 is 2.31 bits per heavy atom. The van der Waals surface area contributed by atoms with Crippen molar-refractivity contribution in [1.29, 1.82) is 0 Å². The van der Waals surface area contributed by atoms with Crippen molar-refractivity contribution in [3.8, 4) is 17.4 Å². The summed E-state index contributed by atoms with van der Waals surface area (Å²) in [6.07, 6.45) is 0.204. The van der Waals surface area contributed by atoms with Gasteiger partial charge in [0, 0.05) is 23.0 Å². The highest BCUT2D eigenvalue weighted by atomic mass is 16.5. The second-order valence-corrected chi connectivity index (χ2v) is 7.59. The van der Waals surface area contributed by atoms with Crippen molar-refractivity contribution >= 4 is 11.6 Å². The number of amides is 1. The standard InChI is InChI=1S/C23H24N6O3/c1-13-14(2)27-29(16(13)4)21-10-11-23(26-25-21)31-19-8-6-18(7-9-19)24-22(30)12-20-15(3)28-32-17(20)5/h6-11H,12H2,1-5H3,(H,24,30). The number of carbonyl (C=O) groups is 1. The predicted molar refractivity (Wildman–Crippen MR) is 118 cm³/mol. The van der Waals surface area contributed by atoms with Crippen LogP contribution < -0.4 is 10.1 Å². The Hall–Kier alpha value is -4.01. The molecule has 3 aromatic heterocycles. The van der Waals surface area contributed by atoms with Crippen LogP contribution in [0.1, 0.15) is 34.0 Å². The van der Waals surface area contributed by atoms with Crippen LogP contribution in [0.15, 0.2) is 40.9 Å². The van der Waals surface area contributed by atoms with Crippen LogP contribution in [-0.4, -0.2) is 31.0 Å². The third-order valence-electron chi connectivity index (χ3n) is 5.38. The number of ether oxygens (including phenoxy) is 1. The fraction of sp³-hybridized carbons (Fsp3) is 0.261. The zero-order valence-electron chi connectivity index (χ0n) is 18.6. The Labute approximate surface area is 185 Å². The van der Waals surface area contributed by atoms with Gasteiger partial charge in [0.05, 0.1) is 17.8 Å². The number of benzene rings is 1. The molecule has 0 bridgehead atoms. The van der Waals surface area contributed by atoms with E-state index in [1.807, 2.05) is 33.8 Å². The van der Waals surface area contributed by atoms with Gasteiger partial charge in [-0.15, -0.1) is 10.2 Å². The summed E-state index contributed by atoms with van der Waals surface area (Å²) < 4.78 is 12.6. The summed E-state index contributed by atoms with van der Waals surface area (Å²) in [5, 5.41) is 19.6. The second kappa shape index (κ2) is 8.62. The minimum absolute atomic E-state index is 0.145. The molecule has 1 aromatic carbocycles. The SMILES string of the molecule is Cc1nn(-c2ccc(Oc3ccc(NC(=O)Cc4c(C)noc4C)cc3)nn2)c(C)c1C. The molecule has 0 aliphatic rings. The Bertz CT molecular complexity index is 1240. The first-order chi connectivity index (χ1) is 15.3. The lowest BCUT2D eigenvalue weighted by molar-refractivity contribution is -0.115. The molecule has 164 valence electrons. The molecule has 9 nitrogen and oxygen atoms in total. The summed E-state index contributed by atoms with van der Waals surface area (Å²) in [5.41, 5.74) is 5.31. The lowest BCUT2D eigenvalue weighted by Crippen LogP contribution is -2.15. The van der Waals surface area contributed by atoms with Gasteiger partial charge in [0.1, 0.15) is 11.5 Å². The molecular weight excluding hydrogens is 408 g/mol. The van der Waals surface area contributed by atoms with Crippen LogP contribution in [-0.2, 0) is 11.2 Å². The van der Waals surface area contributed by atoms with E-state index in [-0.39, 0.29) is 12.3 Å². The predicted octanol–water partition coefficient (Wildman–Crippen LogP) is 4.17. The number of anilines is 1. The molecule has 4 rings (SSSR count). The van der Waals surface area contributed by atoms with Crippen LogP contribution >= 0.6 is 0 Å². The molecule has 1 amide bonds. The van der Waals surface area contributed by atoms with Crippen LogP contribution in [0.2, 0.25) is 0 Å². The molecular formula is C23H24N6O3. The normalized spacial score (nSPS) is 10.9. The molecule has 0 radical (unpaired) electrons. The van der Waals surface area contributed by atoms with Gasteiger partial charge in [-0.3, -0.25) is 4.79 Å². The van der Waals surface area contributed by atoms with Crippen LogP contribution in [0.3, 0.4) is 0 Å². The summed E-state index contributed by atoms with van der Waals surface area (Å²) in [6.45, 7) is 9.60. The fourth-order valence-electron chi connectivity index (χ4n) is 3.27. The monoisotopic (exact) mass is 432 g/mol. The lowest BCUT2D eigenvalue weighted by atomic mass is 10.1. The van der Waals surface area contributed by atoms with Crippen molar-refractivity contribution in [2.45, 2.75) is 41.0 Å². The number of nitrogens with zero attached hydrogens (tertiary/aromatic N) is 5. The van der Waals surface area contributed by atoms with E-state index in [4.69, 9.17) is 9.26 Å². The topological polar surface area (TPSA) is 108 Å². The molecule has 3 heterocycles. The first-order valence-electron chi connectivity index (χ1n) is 10.2. The minimum Gasteiger partial charge on any atom is -0.438 e. The average Bonchev–Trinajstić information content (AvgIpc) is 3.23. The first kappa shape index (κ1) is 21.2. The van der Waals surface area contributed by atoms with Crippen molar-refractivity contribution in [2.24, 2.45) is 0 Å². The molecule has 0 aliphatic heterocycles. The number of nitrogens with one attached hydrogen (secondary N) is 1. The summed E-state index contributed by atoms with van der Waals surface area (Å²) in [4.78, 5) is 12.3. The fourth-order valence-corrected chi connectivity index (χ4v) is 3.27. The van der Waals surface area contributed by atoms with E-state index in [1.54, 1.807) is 41.9 Å². The van der Waals surface area contributed by atoms with Crippen LogP contribution in [0.4, 0.5) is 5.69 Å². The number of hydrogen-bond acceptors (Lipinski definition) is 7. The van der Waals surface area contributed by atoms with Gasteiger partial charge < -0.3 is 14.6 Å². The summed E-state index contributed by atoms with van der Waals surface area (Å²) >= 11 is 0. The smallest absolute Gasteiger partial charge is 0.238 e. The molecule has 0 spiro atoms. The van der Waals surface area contributed by atoms with Gasteiger partial charge >= 0.3 is 0 Å². The van der Waals surface area contributed by atoms with Crippen LogP contribution in [0.25, 0.3) is 5.82 Å². The Morgan fingerprint density at radius 1 is 1.00 bits per heavy atom. The van der Waals surface area contributed by atoms with E-state index in [9.17, 15) is 4.79 Å². The van der Waals surface area contributed by atoms with Crippen LogP contribution in [0.5, 0.6) is 11.6 Å². The van der Waals surface area contributed by atoms with Gasteiger partial charge in [-0.25, -0.2) is 4.68 Å². The highest BCUT2D eigenvalue weighted by Crippen LogP contribution is 2.23. The van der Waals surface area contributed by atoms with Crippen molar-refractivity contribution in [3.63, 3.8) is 0 Å². The number of hydrogen-bond donors (Lipinski definition) is 1. The Kier molecular flexibility index (Phi) is 5.72. The maximum atomic E-state index is 12.3. The zero-order chi connectivity index (χ0) is 22.8. The molecule has 0 atom stereocenters. The zero-order valence-corrected chi connectivity index (χ0v) is 18.6. The molecule has 0 saturated heterocycles.